The summed E-state index contributed by atoms with van der Waals surface area (Å²) in [6.07, 6.45) is 1.93. The van der Waals surface area contributed by atoms with Crippen LogP contribution >= 0.6 is 0 Å². The lowest BCUT2D eigenvalue weighted by molar-refractivity contribution is -0.118. The fourth-order valence-corrected chi connectivity index (χ4v) is 6.49. The topological polar surface area (TPSA) is 91.2 Å². The van der Waals surface area contributed by atoms with E-state index >= 15 is 0 Å². The zero-order valence-corrected chi connectivity index (χ0v) is 22.3. The van der Waals surface area contributed by atoms with Crippen molar-refractivity contribution in [3.05, 3.63) is 52.5 Å². The number of sulfonamides is 1. The predicted molar refractivity (Wildman–Crippen MR) is 133 cm³/mol. The zero-order valence-electron chi connectivity index (χ0n) is 21.5. The third-order valence-corrected chi connectivity index (χ3v) is 8.88. The summed E-state index contributed by atoms with van der Waals surface area (Å²) in [6.45, 7) is 12.7. The van der Waals surface area contributed by atoms with Crippen LogP contribution in [0, 0.1) is 10.8 Å². The molecule has 34 heavy (non-hydrogen) atoms. The van der Waals surface area contributed by atoms with Crippen LogP contribution < -0.4 is 5.32 Å². The van der Waals surface area contributed by atoms with Gasteiger partial charge in [0.25, 0.3) is 0 Å². The summed E-state index contributed by atoms with van der Waals surface area (Å²) in [5, 5.41) is 12.6. The van der Waals surface area contributed by atoms with E-state index < -0.39 is 15.4 Å². The van der Waals surface area contributed by atoms with E-state index in [9.17, 15) is 13.2 Å². The van der Waals surface area contributed by atoms with Gasteiger partial charge in [0, 0.05) is 42.8 Å². The molecule has 0 spiro atoms. The molecular formula is C26H36N4O3S. The van der Waals surface area contributed by atoms with E-state index in [4.69, 9.17) is 0 Å². The quantitative estimate of drug-likeness (QED) is 0.656. The SMILES string of the molecule is CN(C)S(=O)(=O)c1cccc([C@]2(C)C3=C(CC(C)(C)CC3=O)NC3=C2C(CC(C)(C)C)N=N3)c1. The lowest BCUT2D eigenvalue weighted by atomic mass is 9.60. The first kappa shape index (κ1) is 24.8. The monoisotopic (exact) mass is 484 g/mol. The van der Waals surface area contributed by atoms with Crippen LogP contribution in [0.1, 0.15) is 66.4 Å². The second-order valence-electron chi connectivity index (χ2n) is 12.1. The van der Waals surface area contributed by atoms with Crippen LogP contribution in [-0.4, -0.2) is 38.6 Å². The van der Waals surface area contributed by atoms with Gasteiger partial charge in [0.2, 0.25) is 10.0 Å². The number of nitrogens with zero attached hydrogens (tertiary/aromatic N) is 3. The zero-order chi connectivity index (χ0) is 25.3. The van der Waals surface area contributed by atoms with Crippen molar-refractivity contribution in [1.82, 2.24) is 9.62 Å². The number of dihydropyridines is 1. The Morgan fingerprint density at radius 1 is 1.15 bits per heavy atom. The number of ketones is 1. The van der Waals surface area contributed by atoms with Gasteiger partial charge in [0.05, 0.1) is 10.9 Å². The van der Waals surface area contributed by atoms with Crippen LogP contribution in [0.4, 0.5) is 0 Å². The minimum Gasteiger partial charge on any atom is -0.342 e. The fourth-order valence-electron chi connectivity index (χ4n) is 5.55. The minimum absolute atomic E-state index is 0.00359. The maximum atomic E-state index is 13.7. The second kappa shape index (κ2) is 7.85. The average molecular weight is 485 g/mol. The molecule has 1 aliphatic carbocycles. The molecule has 184 valence electrons. The van der Waals surface area contributed by atoms with Crippen molar-refractivity contribution in [2.45, 2.75) is 77.2 Å². The van der Waals surface area contributed by atoms with Crippen molar-refractivity contribution in [3.63, 3.8) is 0 Å². The highest BCUT2D eigenvalue weighted by atomic mass is 32.2. The number of nitrogens with one attached hydrogen (secondary N) is 1. The van der Waals surface area contributed by atoms with Crippen molar-refractivity contribution < 1.29 is 13.2 Å². The number of benzene rings is 1. The molecule has 1 aromatic rings. The molecule has 2 aliphatic heterocycles. The van der Waals surface area contributed by atoms with Crippen molar-refractivity contribution in [1.29, 1.82) is 0 Å². The number of azo groups is 1. The van der Waals surface area contributed by atoms with E-state index in [-0.39, 0.29) is 27.6 Å². The van der Waals surface area contributed by atoms with Crippen LogP contribution in [0.3, 0.4) is 0 Å². The van der Waals surface area contributed by atoms with E-state index in [0.717, 1.165) is 35.2 Å². The van der Waals surface area contributed by atoms with Gasteiger partial charge in [-0.25, -0.2) is 12.7 Å². The van der Waals surface area contributed by atoms with E-state index in [1.807, 2.05) is 13.0 Å². The molecule has 4 rings (SSSR count). The molecule has 0 fully saturated rings. The predicted octanol–water partition coefficient (Wildman–Crippen LogP) is 4.92. The highest BCUT2D eigenvalue weighted by Gasteiger charge is 2.52. The molecule has 0 bridgehead atoms. The van der Waals surface area contributed by atoms with Gasteiger partial charge in [0.15, 0.2) is 11.6 Å². The second-order valence-corrected chi connectivity index (χ2v) is 14.3. The Hall–Kier alpha value is -2.32. The molecule has 0 radical (unpaired) electrons. The van der Waals surface area contributed by atoms with Gasteiger partial charge in [-0.1, -0.05) is 46.8 Å². The maximum absolute atomic E-state index is 13.7. The Kier molecular flexibility index (Phi) is 5.72. The molecule has 1 aromatic carbocycles. The van der Waals surface area contributed by atoms with Gasteiger partial charge in [-0.15, -0.1) is 5.11 Å². The van der Waals surface area contributed by atoms with Crippen molar-refractivity contribution in [3.8, 4) is 0 Å². The van der Waals surface area contributed by atoms with Gasteiger partial charge in [-0.3, -0.25) is 4.79 Å². The maximum Gasteiger partial charge on any atom is 0.242 e. The van der Waals surface area contributed by atoms with E-state index in [2.05, 4.69) is 50.2 Å². The largest absolute Gasteiger partial charge is 0.342 e. The number of carbonyl (C=O) groups excluding carboxylic acids is 1. The van der Waals surface area contributed by atoms with Crippen LogP contribution in [0.25, 0.3) is 0 Å². The standard InChI is InChI=1S/C26H36N4O3S/c1-24(2,3)13-19-22-23(29-28-19)27-18-14-25(4,5)15-20(31)21(18)26(22,6)16-10-9-11-17(12-16)34(32,33)30(7)8/h9-12,19,27H,13-15H2,1-8H3/t19?,26-/m1/s1. The summed E-state index contributed by atoms with van der Waals surface area (Å²) in [7, 11) is -0.589. The smallest absolute Gasteiger partial charge is 0.242 e. The summed E-state index contributed by atoms with van der Waals surface area (Å²) < 4.78 is 27.1. The summed E-state index contributed by atoms with van der Waals surface area (Å²) in [4.78, 5) is 13.9. The van der Waals surface area contributed by atoms with Crippen LogP contribution in [0.2, 0.25) is 0 Å². The first-order chi connectivity index (χ1) is 15.6. The van der Waals surface area contributed by atoms with Crippen molar-refractivity contribution in [2.24, 2.45) is 21.1 Å². The number of carbonyl (C=O) groups is 1. The Bertz CT molecular complexity index is 1250. The molecule has 1 N–H and O–H groups in total. The summed E-state index contributed by atoms with van der Waals surface area (Å²) in [6, 6.07) is 6.82. The molecule has 0 saturated heterocycles. The van der Waals surface area contributed by atoms with Crippen LogP contribution in [0.15, 0.2) is 62.1 Å². The Morgan fingerprint density at radius 3 is 2.44 bits per heavy atom. The Labute approximate surface area is 203 Å². The molecular weight excluding hydrogens is 448 g/mol. The van der Waals surface area contributed by atoms with Crippen LogP contribution in [-0.2, 0) is 20.2 Å². The van der Waals surface area contributed by atoms with Gasteiger partial charge >= 0.3 is 0 Å². The number of hydrogen-bond acceptors (Lipinski definition) is 6. The van der Waals surface area contributed by atoms with E-state index in [1.165, 1.54) is 18.4 Å². The number of hydrogen-bond donors (Lipinski definition) is 1. The van der Waals surface area contributed by atoms with E-state index in [1.54, 1.807) is 18.2 Å². The third kappa shape index (κ3) is 4.05. The van der Waals surface area contributed by atoms with Gasteiger partial charge < -0.3 is 5.32 Å². The fraction of sp³-hybridized carbons (Fsp3) is 0.577. The molecule has 2 heterocycles. The lowest BCUT2D eigenvalue weighted by Crippen LogP contribution is -2.46. The molecule has 7 nitrogen and oxygen atoms in total. The number of rotatable bonds is 4. The first-order valence-corrected chi connectivity index (χ1v) is 13.2. The van der Waals surface area contributed by atoms with Crippen molar-refractivity contribution >= 4 is 15.8 Å². The molecule has 0 aromatic heterocycles. The first-order valence-electron chi connectivity index (χ1n) is 11.8. The Morgan fingerprint density at radius 2 is 1.82 bits per heavy atom. The Balaban J connectivity index is 1.96. The molecule has 3 aliphatic rings. The van der Waals surface area contributed by atoms with E-state index in [0.29, 0.717) is 12.2 Å². The lowest BCUT2D eigenvalue weighted by Gasteiger charge is -2.45. The molecule has 2 atom stereocenters. The van der Waals surface area contributed by atoms with Crippen LogP contribution in [0.5, 0.6) is 0 Å². The number of allylic oxidation sites excluding steroid dienone is 2. The molecule has 8 heteroatoms. The van der Waals surface area contributed by atoms with Gasteiger partial charge in [0.1, 0.15) is 0 Å². The molecule has 0 amide bonds. The average Bonchev–Trinajstić information content (AvgIpc) is 3.07. The van der Waals surface area contributed by atoms with Gasteiger partial charge in [-0.2, -0.15) is 5.11 Å². The highest BCUT2D eigenvalue weighted by Crippen LogP contribution is 2.54. The van der Waals surface area contributed by atoms with Gasteiger partial charge in [-0.05, 0) is 48.3 Å². The number of Topliss-reactive ketones (excluding diaryl/α,β-unsaturated/α-hetero) is 1. The normalized spacial score (nSPS) is 26.6. The summed E-state index contributed by atoms with van der Waals surface area (Å²) in [5.74, 6) is 0.789. The summed E-state index contributed by atoms with van der Waals surface area (Å²) >= 11 is 0. The molecule has 0 saturated carbocycles. The van der Waals surface area contributed by atoms with Crippen molar-refractivity contribution in [2.75, 3.05) is 14.1 Å². The third-order valence-electron chi connectivity index (χ3n) is 7.06. The highest BCUT2D eigenvalue weighted by molar-refractivity contribution is 7.89. The summed E-state index contributed by atoms with van der Waals surface area (Å²) in [5.41, 5.74) is 2.31. The minimum atomic E-state index is -3.64. The molecule has 1 unspecified atom stereocenters.